The van der Waals surface area contributed by atoms with Gasteiger partial charge in [-0.05, 0) is 66.5 Å². The van der Waals surface area contributed by atoms with E-state index in [4.69, 9.17) is 11.6 Å². The van der Waals surface area contributed by atoms with Crippen molar-refractivity contribution in [3.63, 3.8) is 0 Å². The molecule has 0 unspecified atom stereocenters. The van der Waals surface area contributed by atoms with Crippen LogP contribution in [-0.4, -0.2) is 17.7 Å². The van der Waals surface area contributed by atoms with Gasteiger partial charge in [0, 0.05) is 5.56 Å². The Morgan fingerprint density at radius 1 is 0.900 bits per heavy atom. The highest BCUT2D eigenvalue weighted by Gasteiger charge is 2.67. The molecule has 1 saturated heterocycles. The zero-order valence-corrected chi connectivity index (χ0v) is 16.8. The summed E-state index contributed by atoms with van der Waals surface area (Å²) < 4.78 is 0. The van der Waals surface area contributed by atoms with Crippen LogP contribution < -0.4 is 10.2 Å². The number of rotatable bonds is 3. The predicted octanol–water partition coefficient (Wildman–Crippen LogP) is 4.15. The highest BCUT2D eigenvalue weighted by Crippen LogP contribution is 2.65. The predicted molar refractivity (Wildman–Crippen MR) is 113 cm³/mol. The quantitative estimate of drug-likeness (QED) is 0.601. The molecule has 3 fully saturated rings. The number of carbonyl (C=O) groups excluding carboxylic acids is 3. The van der Waals surface area contributed by atoms with E-state index >= 15 is 0 Å². The van der Waals surface area contributed by atoms with Crippen molar-refractivity contribution >= 4 is 40.7 Å². The van der Waals surface area contributed by atoms with Gasteiger partial charge in [0.1, 0.15) is 0 Å². The third kappa shape index (κ3) is 2.45. The van der Waals surface area contributed by atoms with Crippen molar-refractivity contribution in [3.8, 4) is 0 Å². The molecule has 5 nitrogen and oxygen atoms in total. The molecular formula is C24H19ClN2O3. The number of carbonyl (C=O) groups is 3. The van der Waals surface area contributed by atoms with Crippen molar-refractivity contribution in [3.05, 3.63) is 71.3 Å². The minimum Gasteiger partial charge on any atom is -0.321 e. The molecule has 4 aliphatic carbocycles. The van der Waals surface area contributed by atoms with Gasteiger partial charge in [-0.2, -0.15) is 0 Å². The van der Waals surface area contributed by atoms with Crippen LogP contribution in [0.15, 0.2) is 60.7 Å². The zero-order chi connectivity index (χ0) is 20.6. The number of para-hydroxylation sites is 1. The Balaban J connectivity index is 1.24. The summed E-state index contributed by atoms with van der Waals surface area (Å²) in [6, 6.07) is 13.6. The Bertz CT molecular complexity index is 1090. The monoisotopic (exact) mass is 418 g/mol. The van der Waals surface area contributed by atoms with Crippen LogP contribution in [0.3, 0.4) is 0 Å². The van der Waals surface area contributed by atoms with E-state index in [0.717, 1.165) is 6.42 Å². The van der Waals surface area contributed by atoms with Crippen molar-refractivity contribution < 1.29 is 14.4 Å². The molecule has 30 heavy (non-hydrogen) atoms. The largest absolute Gasteiger partial charge is 0.321 e. The number of imide groups is 1. The van der Waals surface area contributed by atoms with Crippen LogP contribution in [0, 0.1) is 35.5 Å². The number of allylic oxidation sites excluding steroid dienone is 2. The summed E-state index contributed by atoms with van der Waals surface area (Å²) in [6.07, 6.45) is 5.47. The second-order valence-electron chi connectivity index (χ2n) is 8.65. The molecule has 2 saturated carbocycles. The van der Waals surface area contributed by atoms with E-state index in [2.05, 4.69) is 17.5 Å². The molecule has 150 valence electrons. The zero-order valence-electron chi connectivity index (χ0n) is 16.0. The molecule has 2 aromatic rings. The lowest BCUT2D eigenvalue weighted by molar-refractivity contribution is -0.124. The molecule has 0 aromatic heterocycles. The summed E-state index contributed by atoms with van der Waals surface area (Å²) in [5.41, 5.74) is 1.49. The maximum Gasteiger partial charge on any atom is 0.255 e. The van der Waals surface area contributed by atoms with Crippen molar-refractivity contribution in [2.45, 2.75) is 6.42 Å². The Labute approximate surface area is 178 Å². The smallest absolute Gasteiger partial charge is 0.255 e. The van der Waals surface area contributed by atoms with E-state index in [1.54, 1.807) is 48.5 Å². The van der Waals surface area contributed by atoms with Gasteiger partial charge in [-0.25, -0.2) is 0 Å². The average Bonchev–Trinajstić information content (AvgIpc) is 3.53. The van der Waals surface area contributed by atoms with E-state index in [-0.39, 0.29) is 41.4 Å². The first-order chi connectivity index (χ1) is 14.5. The second kappa shape index (κ2) is 6.29. The number of nitrogens with zero attached hydrogens (tertiary/aromatic N) is 1. The Hall–Kier alpha value is -2.92. The average molecular weight is 419 g/mol. The SMILES string of the molecule is O=C(Nc1ccccc1Cl)c1ccc(N2C(=O)[C@@H]3[C@H]4C=C[C@H]([C@H]5C[C@H]45)[C@@H]3C2=O)cc1. The van der Waals surface area contributed by atoms with E-state index in [0.29, 0.717) is 33.8 Å². The minimum absolute atomic E-state index is 0.0945. The minimum atomic E-state index is -0.301. The van der Waals surface area contributed by atoms with Crippen LogP contribution >= 0.6 is 11.6 Å². The molecular weight excluding hydrogens is 400 g/mol. The molecule has 0 spiro atoms. The molecule has 1 heterocycles. The molecule has 6 atom stereocenters. The number of hydrogen-bond acceptors (Lipinski definition) is 3. The maximum atomic E-state index is 13.2. The molecule has 6 heteroatoms. The van der Waals surface area contributed by atoms with Crippen molar-refractivity contribution in [2.75, 3.05) is 10.2 Å². The number of nitrogens with one attached hydrogen (secondary N) is 1. The number of halogens is 1. The third-order valence-corrected chi connectivity index (χ3v) is 7.50. The van der Waals surface area contributed by atoms with Gasteiger partial charge in [-0.1, -0.05) is 35.9 Å². The van der Waals surface area contributed by atoms with Crippen LogP contribution in [0.2, 0.25) is 5.02 Å². The Kier molecular flexibility index (Phi) is 3.75. The summed E-state index contributed by atoms with van der Waals surface area (Å²) in [6.45, 7) is 0. The summed E-state index contributed by atoms with van der Waals surface area (Å²) in [5, 5.41) is 3.23. The standard InChI is InChI=1S/C24H19ClN2O3/c25-18-3-1-2-4-19(18)26-22(28)12-5-7-13(8-6-12)27-23(29)20-14-9-10-15(17-11-16(14)17)21(20)24(27)30/h1-10,14-17,20-21H,11H2,(H,26,28)/t14-,15+,16-,17-,20+,21-/m1/s1. The van der Waals surface area contributed by atoms with E-state index in [1.165, 1.54) is 4.90 Å². The van der Waals surface area contributed by atoms with E-state index in [9.17, 15) is 14.4 Å². The summed E-state index contributed by atoms with van der Waals surface area (Å²) in [5.74, 6) is 0.622. The van der Waals surface area contributed by atoms with Crippen LogP contribution in [0.4, 0.5) is 11.4 Å². The Morgan fingerprint density at radius 3 is 2.10 bits per heavy atom. The fraction of sp³-hybridized carbons (Fsp3) is 0.292. The molecule has 1 N–H and O–H groups in total. The lowest BCUT2D eigenvalue weighted by atomic mass is 9.63. The van der Waals surface area contributed by atoms with Crippen LogP contribution in [0.25, 0.3) is 0 Å². The highest BCUT2D eigenvalue weighted by molar-refractivity contribution is 6.34. The van der Waals surface area contributed by atoms with Crippen molar-refractivity contribution in [1.29, 1.82) is 0 Å². The summed E-state index contributed by atoms with van der Waals surface area (Å²) in [4.78, 5) is 40.2. The second-order valence-corrected chi connectivity index (χ2v) is 9.05. The first-order valence-electron chi connectivity index (χ1n) is 10.3. The van der Waals surface area contributed by atoms with Gasteiger partial charge in [-0.15, -0.1) is 0 Å². The van der Waals surface area contributed by atoms with Gasteiger partial charge in [0.2, 0.25) is 11.8 Å². The van der Waals surface area contributed by atoms with Crippen molar-refractivity contribution in [2.24, 2.45) is 35.5 Å². The van der Waals surface area contributed by atoms with Gasteiger partial charge in [-0.3, -0.25) is 19.3 Å². The molecule has 3 amide bonds. The lowest BCUT2D eigenvalue weighted by Gasteiger charge is -2.37. The summed E-state index contributed by atoms with van der Waals surface area (Å²) >= 11 is 6.10. The van der Waals surface area contributed by atoms with Crippen LogP contribution in [0.1, 0.15) is 16.8 Å². The first-order valence-corrected chi connectivity index (χ1v) is 10.6. The number of anilines is 2. The van der Waals surface area contributed by atoms with Crippen molar-refractivity contribution in [1.82, 2.24) is 0 Å². The molecule has 7 rings (SSSR count). The maximum absolute atomic E-state index is 13.2. The van der Waals surface area contributed by atoms with Gasteiger partial charge >= 0.3 is 0 Å². The van der Waals surface area contributed by atoms with E-state index < -0.39 is 0 Å². The van der Waals surface area contributed by atoms with Gasteiger partial charge < -0.3 is 5.32 Å². The fourth-order valence-electron chi connectivity index (χ4n) is 5.73. The highest BCUT2D eigenvalue weighted by atomic mass is 35.5. The molecule has 5 aliphatic rings. The fourth-order valence-corrected chi connectivity index (χ4v) is 5.91. The third-order valence-electron chi connectivity index (χ3n) is 7.17. The first kappa shape index (κ1) is 17.9. The van der Waals surface area contributed by atoms with Crippen LogP contribution in [0.5, 0.6) is 0 Å². The normalized spacial score (nSPS) is 32.8. The Morgan fingerprint density at radius 2 is 1.50 bits per heavy atom. The number of hydrogen-bond donors (Lipinski definition) is 1. The van der Waals surface area contributed by atoms with Crippen LogP contribution in [-0.2, 0) is 9.59 Å². The molecule has 1 aliphatic heterocycles. The molecule has 2 aromatic carbocycles. The molecule has 2 bridgehead atoms. The van der Waals surface area contributed by atoms with E-state index in [1.807, 2.05) is 0 Å². The lowest BCUT2D eigenvalue weighted by Crippen LogP contribution is -2.40. The van der Waals surface area contributed by atoms with Gasteiger partial charge in [0.05, 0.1) is 28.2 Å². The topological polar surface area (TPSA) is 66.5 Å². The number of benzene rings is 2. The molecule has 0 radical (unpaired) electrons. The summed E-state index contributed by atoms with van der Waals surface area (Å²) in [7, 11) is 0. The van der Waals surface area contributed by atoms with Gasteiger partial charge in [0.25, 0.3) is 5.91 Å². The van der Waals surface area contributed by atoms with Gasteiger partial charge in [0.15, 0.2) is 0 Å². The number of amides is 3.